The Labute approximate surface area is 371 Å². The number of hydrogen-bond acceptors (Lipinski definition) is 10. The first-order valence-electron chi connectivity index (χ1n) is 11.7. The quantitative estimate of drug-likeness (QED) is 0.0911. The number of urea groups is 1. The van der Waals surface area contributed by atoms with Gasteiger partial charge in [0.2, 0.25) is 0 Å². The molecule has 0 saturated heterocycles. The minimum absolute atomic E-state index is 0. The number of carboxylic acid groups (broad SMARTS) is 3. The molecule has 0 aliphatic carbocycles. The summed E-state index contributed by atoms with van der Waals surface area (Å²) >= 11 is 0. The zero-order chi connectivity index (χ0) is 31.6. The van der Waals surface area contributed by atoms with Crippen molar-refractivity contribution in [1.82, 2.24) is 25.9 Å². The van der Waals surface area contributed by atoms with E-state index < -0.39 is 42.4 Å². The van der Waals surface area contributed by atoms with Gasteiger partial charge in [0, 0.05) is 18.8 Å². The first kappa shape index (κ1) is 73.4. The summed E-state index contributed by atoms with van der Waals surface area (Å²) < 4.78 is 0. The minimum atomic E-state index is -1.44. The molecule has 0 saturated carbocycles. The Balaban J connectivity index is -0.000000128. The number of amides is 2. The number of pyridine rings is 2. The number of unbranched alkanes of at least 4 members (excludes halogenated alkanes) is 1. The van der Waals surface area contributed by atoms with Crippen molar-refractivity contribution in [3.05, 3.63) is 60.2 Å². The number of rotatable bonds is 15. The Bertz CT molecular complexity index is 1020. The van der Waals surface area contributed by atoms with Crippen LogP contribution in [0.25, 0.3) is 0 Å². The van der Waals surface area contributed by atoms with E-state index in [0.29, 0.717) is 19.4 Å². The van der Waals surface area contributed by atoms with Crippen LogP contribution in [0.4, 0.5) is 4.79 Å². The number of nitrogens with one attached hydrogen (secondary N) is 3. The molecule has 2 rings (SSSR count). The second-order valence-corrected chi connectivity index (χ2v) is 7.72. The molecule has 0 fully saturated rings. The van der Waals surface area contributed by atoms with Gasteiger partial charge in [0.1, 0.15) is 12.1 Å². The third kappa shape index (κ3) is 35.2. The molecule has 0 bridgehead atoms. The van der Waals surface area contributed by atoms with Gasteiger partial charge in [-0.15, -0.1) is 0 Å². The molecule has 2 unspecified atom stereocenters. The summed E-state index contributed by atoms with van der Waals surface area (Å²) in [6, 6.07) is 7.26. The Morgan fingerprint density at radius 3 is 1.35 bits per heavy atom. The van der Waals surface area contributed by atoms with Gasteiger partial charge in [0.25, 0.3) is 20.4 Å². The van der Waals surface area contributed by atoms with Crippen molar-refractivity contribution in [3.8, 4) is 0 Å². The molecular weight excluding hydrogens is 1290 g/mol. The van der Waals surface area contributed by atoms with Crippen molar-refractivity contribution in [2.45, 2.75) is 50.2 Å². The summed E-state index contributed by atoms with van der Waals surface area (Å²) in [5.74, 6) is -3.87. The Morgan fingerprint density at radius 2 is 1.02 bits per heavy atom. The molecule has 2 amide bonds. The number of aliphatic carboxylic acids is 3. The molecule has 0 spiro atoms. The van der Waals surface area contributed by atoms with Gasteiger partial charge in [-0.1, -0.05) is 12.1 Å². The third-order valence-corrected chi connectivity index (χ3v) is 5.09. The molecule has 0 aliphatic rings. The van der Waals surface area contributed by atoms with E-state index in [-0.39, 0.29) is 158 Å². The topological polar surface area (TPSA) is 242 Å². The van der Waals surface area contributed by atoms with Crippen LogP contribution in [0.2, 0.25) is 0 Å². The smallest absolute Gasteiger partial charge is 1.00 e. The second kappa shape index (κ2) is 49.1. The average Bonchev–Trinajstić information content (AvgIpc) is 3.00. The van der Waals surface area contributed by atoms with Crippen molar-refractivity contribution < 1.29 is 188 Å². The van der Waals surface area contributed by atoms with Crippen molar-refractivity contribution >= 4 is 44.3 Å². The molecule has 274 valence electrons. The van der Waals surface area contributed by atoms with Crippen LogP contribution in [0.1, 0.15) is 49.5 Å². The summed E-state index contributed by atoms with van der Waals surface area (Å²) in [6.45, 7) is 14.0. The van der Waals surface area contributed by atoms with Crippen molar-refractivity contribution in [2.24, 2.45) is 0 Å². The molecule has 2 atom stereocenters. The monoisotopic (exact) mass is 1310 g/mol. The van der Waals surface area contributed by atoms with Crippen LogP contribution in [0, 0.1) is 0 Å². The Kier molecular flexibility index (Phi) is 73.5. The van der Waals surface area contributed by atoms with E-state index >= 15 is 0 Å². The number of carboxylic acids is 3. The second-order valence-electron chi connectivity index (χ2n) is 7.72. The van der Waals surface area contributed by atoms with Gasteiger partial charge in [0.15, 0.2) is 0 Å². The van der Waals surface area contributed by atoms with E-state index in [9.17, 15) is 24.3 Å². The number of hydrogen-bond donors (Lipinski definition) is 6. The molecule has 2 aromatic heterocycles. The van der Waals surface area contributed by atoms with Crippen LogP contribution in [-0.4, -0.2) is 88.2 Å². The third-order valence-electron chi connectivity index (χ3n) is 5.09. The molecule has 6 radical (unpaired) electrons. The first-order valence-corrected chi connectivity index (χ1v) is 11.7. The maximum absolute atomic E-state index is 12.1. The van der Waals surface area contributed by atoms with E-state index in [0.717, 1.165) is 11.4 Å². The molecule has 6 N–H and O–H groups in total. The average molecular weight is 1320 g/mol. The van der Waals surface area contributed by atoms with Gasteiger partial charge in [0.05, 0.1) is 17.4 Å². The molecule has 0 aliphatic heterocycles. The summed E-state index contributed by atoms with van der Waals surface area (Å²) in [4.78, 5) is 76.8. The summed E-state index contributed by atoms with van der Waals surface area (Å²) in [5, 5.41) is 34.9. The molecular formula is C26H29Br7N5O10Re. The summed E-state index contributed by atoms with van der Waals surface area (Å²) in [5.41, 5.74) is 1.59. The van der Waals surface area contributed by atoms with Gasteiger partial charge >= 0.3 is 44.4 Å². The van der Waals surface area contributed by atoms with Crippen LogP contribution < -0.4 is 135 Å². The maximum Gasteiger partial charge on any atom is 7.00 e. The Morgan fingerprint density at radius 1 is 0.633 bits per heavy atom. The fourth-order valence-electron chi connectivity index (χ4n) is 3.31. The van der Waals surface area contributed by atoms with Crippen LogP contribution in [0.15, 0.2) is 48.8 Å². The SMILES string of the molecule is O=C(O)CCC(NC(=O)NC(CCCCNC(c1ccccn1)c1ccccn1)C(=O)O)C(=O)O.[Br-].[Br-].[Br-].[Br-].[Br-].[Br-].[Br-].[C]=O.[C]=O.[C]=O.[Re+7]. The molecule has 23 heteroatoms. The van der Waals surface area contributed by atoms with Crippen LogP contribution in [-0.2, 0) is 49.2 Å². The van der Waals surface area contributed by atoms with Gasteiger partial charge in [-0.3, -0.25) is 29.1 Å². The van der Waals surface area contributed by atoms with Crippen LogP contribution >= 0.6 is 0 Å². The number of nitrogens with zero attached hydrogens (tertiary/aromatic N) is 2. The summed E-state index contributed by atoms with van der Waals surface area (Å²) in [6.07, 6.45) is 3.78. The molecule has 0 aromatic carbocycles. The van der Waals surface area contributed by atoms with E-state index in [2.05, 4.69) is 46.3 Å². The fraction of sp³-hybridized carbons (Fsp3) is 0.346. The predicted molar refractivity (Wildman–Crippen MR) is 141 cm³/mol. The zero-order valence-electron chi connectivity index (χ0n) is 24.7. The van der Waals surface area contributed by atoms with Gasteiger partial charge in [-0.25, -0.2) is 14.4 Å². The fourth-order valence-corrected chi connectivity index (χ4v) is 3.31. The molecule has 49 heavy (non-hydrogen) atoms. The normalized spacial score (nSPS) is 9.16. The van der Waals surface area contributed by atoms with Crippen LogP contribution in [0.5, 0.6) is 0 Å². The van der Waals surface area contributed by atoms with Crippen molar-refractivity contribution in [2.75, 3.05) is 6.54 Å². The molecule has 15 nitrogen and oxygen atoms in total. The number of aromatic nitrogens is 2. The molecule has 2 aromatic rings. The minimum Gasteiger partial charge on any atom is -1.00 e. The van der Waals surface area contributed by atoms with Gasteiger partial charge < -0.3 is 150 Å². The first-order chi connectivity index (χ1) is 19.8. The van der Waals surface area contributed by atoms with Crippen molar-refractivity contribution in [1.29, 1.82) is 0 Å². The summed E-state index contributed by atoms with van der Waals surface area (Å²) in [7, 11) is 0. The van der Waals surface area contributed by atoms with E-state index in [4.69, 9.17) is 24.6 Å². The van der Waals surface area contributed by atoms with E-state index in [1.165, 1.54) is 0 Å². The van der Waals surface area contributed by atoms with E-state index in [1.54, 1.807) is 12.4 Å². The largest absolute Gasteiger partial charge is 7.00 e. The maximum atomic E-state index is 12.1. The Hall–Kier alpha value is -1.03. The van der Waals surface area contributed by atoms with Crippen LogP contribution in [0.3, 0.4) is 0 Å². The predicted octanol–water partition coefficient (Wildman–Crippen LogP) is -20.8. The number of carbonyl (C=O) groups excluding carboxylic acids is 4. The number of carbonyl (C=O) groups is 4. The van der Waals surface area contributed by atoms with Gasteiger partial charge in [-0.05, 0) is 56.5 Å². The van der Waals surface area contributed by atoms with E-state index in [1.807, 2.05) is 36.4 Å². The zero-order valence-corrected chi connectivity index (χ0v) is 38.5. The van der Waals surface area contributed by atoms with Gasteiger partial charge in [-0.2, -0.15) is 0 Å². The van der Waals surface area contributed by atoms with Crippen molar-refractivity contribution in [3.63, 3.8) is 0 Å². The molecule has 2 heterocycles. The number of halogens is 7. The standard InChI is InChI=1S/C23H29N5O7.3CO.7BrH.Re/c29-19(30)11-10-18(22(33)34)28-23(35)27-17(21(31)32)9-3-6-14-26-20(15-7-1-4-12-24-15)16-8-2-5-13-25-16;3*1-2;;;;;;;;/h1-2,4-5,7-8,12-13,17-18,20,26H,3,6,9-11,14H2,(H,29,30)(H,31,32)(H,33,34)(H2,27,28,35);;;;7*1H;/q;;;;;;;;;;;+7/p-7.